The van der Waals surface area contributed by atoms with Gasteiger partial charge in [0, 0.05) is 10.9 Å². The average Bonchev–Trinajstić information content (AvgIpc) is 2.69. The summed E-state index contributed by atoms with van der Waals surface area (Å²) in [5.41, 5.74) is 3.44. The quantitative estimate of drug-likeness (QED) is 0.546. The minimum atomic E-state index is -3.74. The molecule has 4 nitrogen and oxygen atoms in total. The van der Waals surface area contributed by atoms with Crippen LogP contribution in [0.1, 0.15) is 5.56 Å². The Morgan fingerprint density at radius 2 is 1.37 bits per heavy atom. The van der Waals surface area contributed by atoms with Gasteiger partial charge in [-0.1, -0.05) is 66.7 Å². The number of aryl methyl sites for hydroxylation is 1. The molecule has 0 fully saturated rings. The highest BCUT2D eigenvalue weighted by Gasteiger charge is 2.20. The number of aromatic nitrogens is 1. The Balaban J connectivity index is 1.94. The van der Waals surface area contributed by atoms with E-state index in [2.05, 4.69) is 9.71 Å². The summed E-state index contributed by atoms with van der Waals surface area (Å²) in [6, 6.07) is 25.8. The number of hydrogen-bond donors (Lipinski definition) is 1. The maximum absolute atomic E-state index is 12.9. The molecule has 1 heterocycles. The molecule has 4 aromatic rings. The maximum Gasteiger partial charge on any atom is 0.263 e. The molecule has 0 aliphatic rings. The van der Waals surface area contributed by atoms with Crippen molar-refractivity contribution in [2.24, 2.45) is 0 Å². The van der Waals surface area contributed by atoms with E-state index in [1.54, 1.807) is 30.3 Å². The average molecular weight is 374 g/mol. The minimum absolute atomic E-state index is 0.205. The Kier molecular flexibility index (Phi) is 4.38. The summed E-state index contributed by atoms with van der Waals surface area (Å²) >= 11 is 0. The van der Waals surface area contributed by atoms with Crippen molar-refractivity contribution in [1.29, 1.82) is 0 Å². The lowest BCUT2D eigenvalue weighted by Crippen LogP contribution is -2.15. The van der Waals surface area contributed by atoms with Gasteiger partial charge < -0.3 is 0 Å². The van der Waals surface area contributed by atoms with Crippen molar-refractivity contribution in [2.45, 2.75) is 11.8 Å². The topological polar surface area (TPSA) is 59.1 Å². The highest BCUT2D eigenvalue weighted by atomic mass is 32.2. The third-order valence-corrected chi connectivity index (χ3v) is 5.85. The number of rotatable bonds is 4. The largest absolute Gasteiger partial charge is 0.263 e. The number of fused-ring (bicyclic) bond motifs is 1. The van der Waals surface area contributed by atoms with Crippen LogP contribution in [-0.4, -0.2) is 13.4 Å². The molecule has 1 aromatic heterocycles. The van der Waals surface area contributed by atoms with E-state index in [4.69, 9.17) is 0 Å². The van der Waals surface area contributed by atoms with Crippen LogP contribution in [0.15, 0.2) is 89.8 Å². The molecule has 0 aliphatic carbocycles. The van der Waals surface area contributed by atoms with Crippen molar-refractivity contribution in [3.05, 3.63) is 90.5 Å². The van der Waals surface area contributed by atoms with E-state index < -0.39 is 10.0 Å². The summed E-state index contributed by atoms with van der Waals surface area (Å²) in [6.07, 6.45) is 0. The highest BCUT2D eigenvalue weighted by Crippen LogP contribution is 2.35. The zero-order valence-corrected chi connectivity index (χ0v) is 15.6. The van der Waals surface area contributed by atoms with Crippen LogP contribution in [0.4, 0.5) is 5.82 Å². The minimum Gasteiger partial charge on any atom is -0.263 e. The number of para-hydroxylation sites is 1. The lowest BCUT2D eigenvalue weighted by molar-refractivity contribution is 0.601. The second-order valence-corrected chi connectivity index (χ2v) is 7.94. The molecule has 0 saturated carbocycles. The van der Waals surface area contributed by atoms with Gasteiger partial charge in [-0.25, -0.2) is 13.4 Å². The highest BCUT2D eigenvalue weighted by molar-refractivity contribution is 7.92. The zero-order chi connectivity index (χ0) is 18.9. The van der Waals surface area contributed by atoms with Crippen LogP contribution in [0.25, 0.3) is 22.0 Å². The Morgan fingerprint density at radius 1 is 0.778 bits per heavy atom. The van der Waals surface area contributed by atoms with Crippen LogP contribution < -0.4 is 4.72 Å². The second kappa shape index (κ2) is 6.85. The lowest BCUT2D eigenvalue weighted by Gasteiger charge is -2.16. The smallest absolute Gasteiger partial charge is 0.263 e. The molecular formula is C22H18N2O2S. The Hall–Kier alpha value is -3.18. The molecule has 0 saturated heterocycles. The normalized spacial score (nSPS) is 11.4. The molecule has 0 atom stereocenters. The van der Waals surface area contributed by atoms with Gasteiger partial charge >= 0.3 is 0 Å². The Morgan fingerprint density at radius 3 is 2.07 bits per heavy atom. The zero-order valence-electron chi connectivity index (χ0n) is 14.8. The van der Waals surface area contributed by atoms with Crippen LogP contribution in [0.5, 0.6) is 0 Å². The Bertz CT molecular complexity index is 1210. The van der Waals surface area contributed by atoms with Gasteiger partial charge in [-0.2, -0.15) is 0 Å². The van der Waals surface area contributed by atoms with E-state index in [1.807, 2.05) is 61.5 Å². The standard InChI is InChI=1S/C22H18N2O2S/c1-16-19-14-8-9-15-20(19)23-22(21(16)17-10-4-2-5-11-17)24-27(25,26)18-12-6-3-7-13-18/h2-15H,1H3,(H,23,24). The first kappa shape index (κ1) is 17.2. The first-order chi connectivity index (χ1) is 13.1. The van der Waals surface area contributed by atoms with E-state index in [0.717, 1.165) is 27.6 Å². The molecule has 27 heavy (non-hydrogen) atoms. The number of hydrogen-bond acceptors (Lipinski definition) is 3. The molecule has 3 aromatic carbocycles. The van der Waals surface area contributed by atoms with Crippen LogP contribution in [0.2, 0.25) is 0 Å². The molecule has 134 valence electrons. The monoisotopic (exact) mass is 374 g/mol. The van der Waals surface area contributed by atoms with Crippen molar-refractivity contribution in [1.82, 2.24) is 4.98 Å². The molecule has 0 amide bonds. The summed E-state index contributed by atoms with van der Waals surface area (Å²) in [4.78, 5) is 4.84. The maximum atomic E-state index is 12.9. The third-order valence-electron chi connectivity index (χ3n) is 4.50. The number of benzene rings is 3. The van der Waals surface area contributed by atoms with Crippen molar-refractivity contribution in [3.63, 3.8) is 0 Å². The molecule has 5 heteroatoms. The molecule has 4 rings (SSSR count). The number of pyridine rings is 1. The molecule has 0 bridgehead atoms. The molecule has 1 N–H and O–H groups in total. The molecular weight excluding hydrogens is 356 g/mol. The van der Waals surface area contributed by atoms with Crippen molar-refractivity contribution in [3.8, 4) is 11.1 Å². The van der Waals surface area contributed by atoms with Crippen LogP contribution in [-0.2, 0) is 10.0 Å². The van der Waals surface area contributed by atoms with Gasteiger partial charge in [0.05, 0.1) is 10.4 Å². The van der Waals surface area contributed by atoms with Gasteiger partial charge in [0.1, 0.15) is 5.82 Å². The third kappa shape index (κ3) is 3.29. The summed E-state index contributed by atoms with van der Waals surface area (Å²) in [6.45, 7) is 1.99. The van der Waals surface area contributed by atoms with Crippen molar-refractivity contribution >= 4 is 26.7 Å². The number of nitrogens with zero attached hydrogens (tertiary/aromatic N) is 1. The van der Waals surface area contributed by atoms with E-state index >= 15 is 0 Å². The summed E-state index contributed by atoms with van der Waals surface area (Å²) in [5, 5.41) is 0.999. The van der Waals surface area contributed by atoms with E-state index in [9.17, 15) is 8.42 Å². The molecule has 0 spiro atoms. The summed E-state index contributed by atoms with van der Waals surface area (Å²) < 4.78 is 28.5. The van der Waals surface area contributed by atoms with Gasteiger partial charge in [-0.3, -0.25) is 4.72 Å². The fourth-order valence-electron chi connectivity index (χ4n) is 3.19. The molecule has 0 radical (unpaired) electrons. The Labute approximate surface area is 158 Å². The SMILES string of the molecule is Cc1c(-c2ccccc2)c(NS(=O)(=O)c2ccccc2)nc2ccccc12. The van der Waals surface area contributed by atoms with Gasteiger partial charge in [0.25, 0.3) is 10.0 Å². The summed E-state index contributed by atoms with van der Waals surface area (Å²) in [5.74, 6) is 0.334. The first-order valence-electron chi connectivity index (χ1n) is 8.59. The van der Waals surface area contributed by atoms with Gasteiger partial charge in [-0.05, 0) is 36.2 Å². The lowest BCUT2D eigenvalue weighted by atomic mass is 9.98. The van der Waals surface area contributed by atoms with E-state index in [0.29, 0.717) is 5.82 Å². The first-order valence-corrected chi connectivity index (χ1v) is 10.1. The van der Waals surface area contributed by atoms with E-state index in [1.165, 1.54) is 0 Å². The van der Waals surface area contributed by atoms with Crippen molar-refractivity contribution in [2.75, 3.05) is 4.72 Å². The number of anilines is 1. The molecule has 0 aliphatic heterocycles. The number of nitrogens with one attached hydrogen (secondary N) is 1. The van der Waals surface area contributed by atoms with Crippen molar-refractivity contribution < 1.29 is 8.42 Å². The summed E-state index contributed by atoms with van der Waals surface area (Å²) in [7, 11) is -3.74. The van der Waals surface area contributed by atoms with E-state index in [-0.39, 0.29) is 4.90 Å². The predicted molar refractivity (Wildman–Crippen MR) is 109 cm³/mol. The van der Waals surface area contributed by atoms with Crippen LogP contribution >= 0.6 is 0 Å². The van der Waals surface area contributed by atoms with Crippen LogP contribution in [0.3, 0.4) is 0 Å². The second-order valence-electron chi connectivity index (χ2n) is 6.26. The van der Waals surface area contributed by atoms with Crippen LogP contribution in [0, 0.1) is 6.92 Å². The molecule has 0 unspecified atom stereocenters. The fraction of sp³-hybridized carbons (Fsp3) is 0.0455. The number of sulfonamides is 1. The van der Waals surface area contributed by atoms with Gasteiger partial charge in [-0.15, -0.1) is 0 Å². The predicted octanol–water partition coefficient (Wildman–Crippen LogP) is 5.01. The van der Waals surface area contributed by atoms with Gasteiger partial charge in [0.15, 0.2) is 0 Å². The van der Waals surface area contributed by atoms with Gasteiger partial charge in [0.2, 0.25) is 0 Å². The fourth-order valence-corrected chi connectivity index (χ4v) is 4.23.